The summed E-state index contributed by atoms with van der Waals surface area (Å²) in [6.45, 7) is 3.44. The molecular formula is C16H14O5S. The van der Waals surface area contributed by atoms with Gasteiger partial charge in [-0.05, 0) is 42.0 Å². The van der Waals surface area contributed by atoms with Gasteiger partial charge < -0.3 is 10.2 Å². The predicted octanol–water partition coefficient (Wildman–Crippen LogP) is 2.41. The van der Waals surface area contributed by atoms with E-state index in [0.717, 1.165) is 0 Å². The maximum absolute atomic E-state index is 12.4. The monoisotopic (exact) mass is 318 g/mol. The number of benzene rings is 2. The molecule has 0 amide bonds. The van der Waals surface area contributed by atoms with Crippen LogP contribution < -0.4 is 0 Å². The van der Waals surface area contributed by atoms with Gasteiger partial charge in [0.05, 0.1) is 9.79 Å². The molecule has 5 nitrogen and oxygen atoms in total. The number of carbonyl (C=O) groups is 1. The van der Waals surface area contributed by atoms with Crippen molar-refractivity contribution in [3.63, 3.8) is 0 Å². The largest absolute Gasteiger partial charge is 0.508 e. The minimum Gasteiger partial charge on any atom is -0.508 e. The highest BCUT2D eigenvalue weighted by Gasteiger charge is 2.17. The van der Waals surface area contributed by atoms with E-state index >= 15 is 0 Å². The molecule has 0 aromatic heterocycles. The van der Waals surface area contributed by atoms with Crippen molar-refractivity contribution in [2.45, 2.75) is 16.2 Å². The molecule has 2 N–H and O–H groups in total. The first-order chi connectivity index (χ1) is 10.3. The van der Waals surface area contributed by atoms with E-state index in [2.05, 4.69) is 6.58 Å². The van der Waals surface area contributed by atoms with Crippen molar-refractivity contribution in [2.75, 3.05) is 0 Å². The Hall–Kier alpha value is -2.60. The van der Waals surface area contributed by atoms with Gasteiger partial charge in [0.15, 0.2) is 0 Å². The number of phenolic OH excluding ortho intramolecular Hbond substituents is 1. The Morgan fingerprint density at radius 1 is 0.955 bits per heavy atom. The lowest BCUT2D eigenvalue weighted by Crippen LogP contribution is -2.04. The van der Waals surface area contributed by atoms with Gasteiger partial charge in [-0.15, -0.1) is 0 Å². The van der Waals surface area contributed by atoms with Crippen LogP contribution in [-0.2, 0) is 21.1 Å². The molecule has 6 heteroatoms. The Morgan fingerprint density at radius 3 is 1.86 bits per heavy atom. The molecule has 0 radical (unpaired) electrons. The number of phenols is 1. The number of carboxylic acid groups (broad SMARTS) is 1. The van der Waals surface area contributed by atoms with Gasteiger partial charge in [0, 0.05) is 12.0 Å². The van der Waals surface area contributed by atoms with Gasteiger partial charge in [-0.25, -0.2) is 13.2 Å². The molecule has 22 heavy (non-hydrogen) atoms. The molecule has 114 valence electrons. The summed E-state index contributed by atoms with van der Waals surface area (Å²) in [7, 11) is -3.67. The molecule has 2 aromatic carbocycles. The van der Waals surface area contributed by atoms with Crippen LogP contribution in [0.15, 0.2) is 70.5 Å². The topological polar surface area (TPSA) is 91.7 Å². The molecule has 0 heterocycles. The molecule has 0 atom stereocenters. The van der Waals surface area contributed by atoms with E-state index in [1.807, 2.05) is 0 Å². The maximum Gasteiger partial charge on any atom is 0.331 e. The Balaban J connectivity index is 2.28. The van der Waals surface area contributed by atoms with Crippen molar-refractivity contribution in [3.05, 3.63) is 66.2 Å². The summed E-state index contributed by atoms with van der Waals surface area (Å²) in [5, 5.41) is 18.0. The van der Waals surface area contributed by atoms with E-state index in [0.29, 0.717) is 5.56 Å². The molecule has 0 aliphatic carbocycles. The number of hydrogen-bond donors (Lipinski definition) is 2. The summed E-state index contributed by atoms with van der Waals surface area (Å²) in [6, 6.07) is 11.2. The Kier molecular flexibility index (Phi) is 4.32. The number of hydrogen-bond acceptors (Lipinski definition) is 4. The van der Waals surface area contributed by atoms with Crippen LogP contribution in [0.3, 0.4) is 0 Å². The zero-order valence-electron chi connectivity index (χ0n) is 11.6. The number of carboxylic acids is 1. The average molecular weight is 318 g/mol. The van der Waals surface area contributed by atoms with Gasteiger partial charge >= 0.3 is 5.97 Å². The van der Waals surface area contributed by atoms with E-state index in [4.69, 9.17) is 5.11 Å². The standard InChI is InChI=1S/C16H14O5S/c1-11(16(18)19)10-12-2-6-14(7-3-12)22(20,21)15-8-4-13(17)5-9-15/h2-9,17H,1,10H2,(H,18,19). The molecule has 2 aromatic rings. The molecular weight excluding hydrogens is 304 g/mol. The van der Waals surface area contributed by atoms with Gasteiger partial charge in [-0.2, -0.15) is 0 Å². The highest BCUT2D eigenvalue weighted by molar-refractivity contribution is 7.91. The van der Waals surface area contributed by atoms with Crippen molar-refractivity contribution in [1.29, 1.82) is 0 Å². The van der Waals surface area contributed by atoms with E-state index in [9.17, 15) is 18.3 Å². The average Bonchev–Trinajstić information content (AvgIpc) is 2.48. The zero-order chi connectivity index (χ0) is 16.3. The van der Waals surface area contributed by atoms with Crippen LogP contribution in [0.25, 0.3) is 0 Å². The SMILES string of the molecule is C=C(Cc1ccc(S(=O)(=O)c2ccc(O)cc2)cc1)C(=O)O. The van der Waals surface area contributed by atoms with Crippen molar-refractivity contribution >= 4 is 15.8 Å². The fourth-order valence-corrected chi connectivity index (χ4v) is 3.13. The number of sulfone groups is 1. The summed E-state index contributed by atoms with van der Waals surface area (Å²) in [6.07, 6.45) is 0.148. The molecule has 0 unspecified atom stereocenters. The lowest BCUT2D eigenvalue weighted by molar-refractivity contribution is -0.132. The summed E-state index contributed by atoms with van der Waals surface area (Å²) in [5.74, 6) is -1.10. The molecule has 0 fully saturated rings. The first-order valence-electron chi connectivity index (χ1n) is 6.35. The highest BCUT2D eigenvalue weighted by Crippen LogP contribution is 2.23. The van der Waals surface area contributed by atoms with Crippen LogP contribution in [0, 0.1) is 0 Å². The third kappa shape index (κ3) is 3.35. The van der Waals surface area contributed by atoms with Gasteiger partial charge in [-0.3, -0.25) is 0 Å². The number of rotatable bonds is 5. The normalized spacial score (nSPS) is 11.1. The third-order valence-corrected chi connectivity index (χ3v) is 4.89. The lowest BCUT2D eigenvalue weighted by Gasteiger charge is -2.06. The second kappa shape index (κ2) is 6.03. The van der Waals surface area contributed by atoms with Crippen LogP contribution in [0.2, 0.25) is 0 Å². The fraction of sp³-hybridized carbons (Fsp3) is 0.0625. The lowest BCUT2D eigenvalue weighted by atomic mass is 10.1. The van der Waals surface area contributed by atoms with Crippen LogP contribution in [0.1, 0.15) is 5.56 Å². The molecule has 0 saturated carbocycles. The first-order valence-corrected chi connectivity index (χ1v) is 7.83. The molecule has 0 saturated heterocycles. The van der Waals surface area contributed by atoms with E-state index in [1.165, 1.54) is 36.4 Å². The first kappa shape index (κ1) is 15.8. The molecule has 0 aliphatic rings. The second-order valence-corrected chi connectivity index (χ2v) is 6.68. The minimum atomic E-state index is -3.67. The van der Waals surface area contributed by atoms with Crippen LogP contribution in [0.5, 0.6) is 5.75 Å². The summed E-state index contributed by atoms with van der Waals surface area (Å²) < 4.78 is 24.8. The summed E-state index contributed by atoms with van der Waals surface area (Å²) in [4.78, 5) is 10.9. The minimum absolute atomic E-state index is 0.0125. The highest BCUT2D eigenvalue weighted by atomic mass is 32.2. The van der Waals surface area contributed by atoms with Crippen LogP contribution >= 0.6 is 0 Å². The summed E-state index contributed by atoms with van der Waals surface area (Å²) >= 11 is 0. The van der Waals surface area contributed by atoms with Crippen LogP contribution in [-0.4, -0.2) is 24.6 Å². The molecule has 0 bridgehead atoms. The van der Waals surface area contributed by atoms with E-state index in [-0.39, 0.29) is 27.5 Å². The molecule has 0 spiro atoms. The van der Waals surface area contributed by atoms with Crippen LogP contribution in [0.4, 0.5) is 0 Å². The number of aromatic hydroxyl groups is 1. The van der Waals surface area contributed by atoms with Crippen molar-refractivity contribution < 1.29 is 23.4 Å². The van der Waals surface area contributed by atoms with Gasteiger partial charge in [0.2, 0.25) is 9.84 Å². The van der Waals surface area contributed by atoms with Crippen molar-refractivity contribution in [2.24, 2.45) is 0 Å². The van der Waals surface area contributed by atoms with Gasteiger partial charge in [0.1, 0.15) is 5.75 Å². The Bertz CT molecular complexity index is 803. The van der Waals surface area contributed by atoms with Gasteiger partial charge in [0.25, 0.3) is 0 Å². The smallest absolute Gasteiger partial charge is 0.331 e. The quantitative estimate of drug-likeness (QED) is 0.826. The Labute approximate surface area is 128 Å². The maximum atomic E-state index is 12.4. The Morgan fingerprint density at radius 2 is 1.41 bits per heavy atom. The number of aliphatic carboxylic acids is 1. The summed E-state index contributed by atoms with van der Waals surface area (Å²) in [5.41, 5.74) is 0.700. The molecule has 2 rings (SSSR count). The van der Waals surface area contributed by atoms with E-state index in [1.54, 1.807) is 12.1 Å². The van der Waals surface area contributed by atoms with E-state index < -0.39 is 15.8 Å². The van der Waals surface area contributed by atoms with Gasteiger partial charge in [-0.1, -0.05) is 18.7 Å². The second-order valence-electron chi connectivity index (χ2n) is 4.73. The third-order valence-electron chi connectivity index (χ3n) is 3.10. The fourth-order valence-electron chi connectivity index (χ4n) is 1.87. The van der Waals surface area contributed by atoms with Crippen molar-refractivity contribution in [1.82, 2.24) is 0 Å². The molecule has 0 aliphatic heterocycles. The predicted molar refractivity (Wildman–Crippen MR) is 80.5 cm³/mol. The van der Waals surface area contributed by atoms with Crippen molar-refractivity contribution in [3.8, 4) is 5.75 Å². The zero-order valence-corrected chi connectivity index (χ0v) is 12.4.